The van der Waals surface area contributed by atoms with Gasteiger partial charge in [0.2, 0.25) is 11.8 Å². The molecule has 3 amide bonds. The van der Waals surface area contributed by atoms with E-state index in [1.165, 1.54) is 0 Å². The lowest BCUT2D eigenvalue weighted by atomic mass is 9.74. The topological polar surface area (TPSA) is 81.2 Å². The number of carbonyl (C=O) groups is 3. The second-order valence-electron chi connectivity index (χ2n) is 11.3. The number of halogens is 1. The highest BCUT2D eigenvalue weighted by atomic mass is 35.5. The van der Waals surface area contributed by atoms with E-state index in [9.17, 15) is 19.5 Å². The highest BCUT2D eigenvalue weighted by Crippen LogP contribution is 2.66. The van der Waals surface area contributed by atoms with Gasteiger partial charge < -0.3 is 19.8 Å². The van der Waals surface area contributed by atoms with E-state index in [4.69, 9.17) is 11.6 Å². The first-order valence-electron chi connectivity index (χ1n) is 13.4. The number of thioether (sulfide) groups is 1. The molecule has 1 unspecified atom stereocenters. The molecule has 1 aromatic carbocycles. The van der Waals surface area contributed by atoms with Gasteiger partial charge in [0, 0.05) is 35.1 Å². The molecule has 5 rings (SSSR count). The van der Waals surface area contributed by atoms with Crippen LogP contribution in [0.2, 0.25) is 5.02 Å². The van der Waals surface area contributed by atoms with Crippen molar-refractivity contribution in [2.45, 2.75) is 55.7 Å². The van der Waals surface area contributed by atoms with Crippen LogP contribution in [0.25, 0.3) is 0 Å². The van der Waals surface area contributed by atoms with Gasteiger partial charge in [0.25, 0.3) is 5.91 Å². The molecule has 0 aromatic heterocycles. The molecule has 4 heterocycles. The number of rotatable bonds is 6. The van der Waals surface area contributed by atoms with Gasteiger partial charge in [0.1, 0.15) is 6.04 Å². The van der Waals surface area contributed by atoms with Crippen LogP contribution in [0.4, 0.5) is 5.69 Å². The van der Waals surface area contributed by atoms with Crippen molar-refractivity contribution in [2.24, 2.45) is 17.8 Å². The third kappa shape index (κ3) is 4.02. The van der Waals surface area contributed by atoms with Crippen LogP contribution in [0, 0.1) is 17.8 Å². The predicted octanol–water partition coefficient (Wildman–Crippen LogP) is 3.76. The summed E-state index contributed by atoms with van der Waals surface area (Å²) in [5.41, 5.74) is 0.690. The molecule has 9 heteroatoms. The van der Waals surface area contributed by atoms with Gasteiger partial charge in [-0.3, -0.25) is 14.4 Å². The van der Waals surface area contributed by atoms with Gasteiger partial charge >= 0.3 is 0 Å². The number of hydrogen-bond donors (Lipinski definition) is 1. The lowest BCUT2D eigenvalue weighted by Gasteiger charge is -2.41. The van der Waals surface area contributed by atoms with E-state index in [0.717, 1.165) is 6.42 Å². The normalized spacial score (nSPS) is 33.4. The van der Waals surface area contributed by atoms with Crippen LogP contribution in [0.5, 0.6) is 0 Å². The fraction of sp³-hybridized carbons (Fsp3) is 0.552. The molecule has 204 valence electrons. The van der Waals surface area contributed by atoms with Crippen molar-refractivity contribution < 1.29 is 19.5 Å². The third-order valence-corrected chi connectivity index (χ3v) is 10.6. The minimum absolute atomic E-state index is 0.0348. The number of likely N-dealkylation sites (tertiary alicyclic amines) is 1. The number of aliphatic hydroxyl groups is 1. The maximum Gasteiger partial charge on any atom is 0.251 e. The first-order valence-corrected chi connectivity index (χ1v) is 14.6. The molecule has 2 saturated heterocycles. The maximum absolute atomic E-state index is 14.5. The average Bonchev–Trinajstić information content (AvgIpc) is 3.14. The van der Waals surface area contributed by atoms with Gasteiger partial charge in [0.05, 0.1) is 29.2 Å². The molecule has 4 aliphatic rings. The molecule has 0 bridgehead atoms. The van der Waals surface area contributed by atoms with Crippen molar-refractivity contribution in [3.63, 3.8) is 0 Å². The van der Waals surface area contributed by atoms with Crippen LogP contribution in [-0.4, -0.2) is 80.4 Å². The predicted molar refractivity (Wildman–Crippen MR) is 151 cm³/mol. The Labute approximate surface area is 233 Å². The smallest absolute Gasteiger partial charge is 0.251 e. The Bertz CT molecular complexity index is 1190. The zero-order valence-electron chi connectivity index (χ0n) is 22.3. The lowest BCUT2D eigenvalue weighted by molar-refractivity contribution is -0.146. The highest BCUT2D eigenvalue weighted by Gasteiger charge is 2.74. The molecular weight excluding hydrogens is 522 g/mol. The lowest BCUT2D eigenvalue weighted by Crippen LogP contribution is -2.58. The Morgan fingerprint density at radius 2 is 1.71 bits per heavy atom. The van der Waals surface area contributed by atoms with Crippen molar-refractivity contribution in [1.82, 2.24) is 9.80 Å². The van der Waals surface area contributed by atoms with Gasteiger partial charge in [-0.05, 0) is 43.5 Å². The van der Waals surface area contributed by atoms with E-state index in [-0.39, 0.29) is 30.2 Å². The monoisotopic (exact) mass is 557 g/mol. The van der Waals surface area contributed by atoms with Crippen molar-refractivity contribution in [3.8, 4) is 0 Å². The van der Waals surface area contributed by atoms with E-state index in [0.29, 0.717) is 30.3 Å². The summed E-state index contributed by atoms with van der Waals surface area (Å²) in [6.07, 6.45) is 8.90. The Morgan fingerprint density at radius 1 is 1.03 bits per heavy atom. The molecule has 4 aliphatic heterocycles. The van der Waals surface area contributed by atoms with E-state index in [1.807, 2.05) is 50.8 Å². The maximum atomic E-state index is 14.5. The molecule has 0 radical (unpaired) electrons. The summed E-state index contributed by atoms with van der Waals surface area (Å²) in [4.78, 5) is 48.2. The quantitative estimate of drug-likeness (QED) is 0.539. The van der Waals surface area contributed by atoms with Crippen LogP contribution in [0.1, 0.15) is 34.1 Å². The Hall–Kier alpha value is -2.29. The van der Waals surface area contributed by atoms with Crippen LogP contribution in [0.15, 0.2) is 48.6 Å². The molecule has 6 atom stereocenters. The fourth-order valence-electron chi connectivity index (χ4n) is 6.81. The van der Waals surface area contributed by atoms with Crippen molar-refractivity contribution in [1.29, 1.82) is 0 Å². The zero-order valence-corrected chi connectivity index (χ0v) is 23.9. The van der Waals surface area contributed by atoms with Gasteiger partial charge in [-0.1, -0.05) is 56.7 Å². The number of carbonyl (C=O) groups excluding carboxylic acids is 3. The number of hydrogen-bond acceptors (Lipinski definition) is 5. The molecular formula is C29H36ClN3O4S. The van der Waals surface area contributed by atoms with Crippen LogP contribution >= 0.6 is 23.4 Å². The summed E-state index contributed by atoms with van der Waals surface area (Å²) < 4.78 is -1.58. The molecule has 1 N–H and O–H groups in total. The second-order valence-corrected chi connectivity index (χ2v) is 13.5. The third-order valence-electron chi connectivity index (χ3n) is 8.52. The summed E-state index contributed by atoms with van der Waals surface area (Å²) in [6.45, 7) is 9.18. The van der Waals surface area contributed by atoms with Crippen LogP contribution < -0.4 is 4.90 Å². The first-order chi connectivity index (χ1) is 18.1. The van der Waals surface area contributed by atoms with Crippen molar-refractivity contribution >= 4 is 46.8 Å². The number of fused-ring (bicyclic) bond motifs is 2. The van der Waals surface area contributed by atoms with Gasteiger partial charge in [-0.25, -0.2) is 0 Å². The largest absolute Gasteiger partial charge is 0.394 e. The van der Waals surface area contributed by atoms with Crippen LogP contribution in [-0.2, 0) is 14.4 Å². The Morgan fingerprint density at radius 3 is 2.34 bits per heavy atom. The number of amides is 3. The highest BCUT2D eigenvalue weighted by molar-refractivity contribution is 8.02. The molecule has 0 saturated carbocycles. The summed E-state index contributed by atoms with van der Waals surface area (Å²) >= 11 is 7.69. The van der Waals surface area contributed by atoms with E-state index >= 15 is 0 Å². The molecule has 7 nitrogen and oxygen atoms in total. The average molecular weight is 558 g/mol. The van der Waals surface area contributed by atoms with Crippen molar-refractivity contribution in [3.05, 3.63) is 53.6 Å². The molecule has 2 fully saturated rings. The molecule has 38 heavy (non-hydrogen) atoms. The Kier molecular flexibility index (Phi) is 7.20. The molecule has 1 aromatic rings. The summed E-state index contributed by atoms with van der Waals surface area (Å²) in [5.74, 6) is -1.87. The standard InChI is InChI=1S/C29H36ClN3O4S/c1-5-14-31-15-6-12-28(4)22(25(31)35)23-26(36)33(21(17-34)18(2)3)24-27(37)32(16-7-13-29(23,24)38-28)20-10-8-19(30)9-11-20/h6-13,18,21-24,34H,5,14-17H2,1-4H3/t21-,22-,23-,24?,28+,29-/m0/s1. The Balaban J connectivity index is 1.68. The number of anilines is 1. The van der Waals surface area contributed by atoms with Crippen molar-refractivity contribution in [2.75, 3.05) is 31.1 Å². The summed E-state index contributed by atoms with van der Waals surface area (Å²) in [7, 11) is 0. The zero-order chi connectivity index (χ0) is 27.4. The number of nitrogens with zero attached hydrogens (tertiary/aromatic N) is 3. The number of aliphatic hydroxyl groups excluding tert-OH is 1. The fourth-order valence-corrected chi connectivity index (χ4v) is 9.08. The minimum Gasteiger partial charge on any atom is -0.394 e. The van der Waals surface area contributed by atoms with E-state index < -0.39 is 33.4 Å². The van der Waals surface area contributed by atoms with E-state index in [1.54, 1.807) is 45.8 Å². The van der Waals surface area contributed by atoms with E-state index in [2.05, 4.69) is 6.08 Å². The SMILES string of the molecule is CCCN1CC=C[C@@]2(C)S[C@]34C=CCN(c5ccc(Cl)cc5)C(=O)C3N([C@@H](CO)C(C)C)C(=O)[C@@H]4[C@H]2C1=O. The first kappa shape index (κ1) is 27.3. The summed E-state index contributed by atoms with van der Waals surface area (Å²) in [6, 6.07) is 5.69. The second kappa shape index (κ2) is 10.0. The van der Waals surface area contributed by atoms with Gasteiger partial charge in [0.15, 0.2) is 0 Å². The van der Waals surface area contributed by atoms with Crippen LogP contribution in [0.3, 0.4) is 0 Å². The summed E-state index contributed by atoms with van der Waals surface area (Å²) in [5, 5.41) is 11.0. The number of benzene rings is 1. The molecule has 1 spiro atoms. The van der Waals surface area contributed by atoms with Gasteiger partial charge in [-0.15, -0.1) is 11.8 Å². The van der Waals surface area contributed by atoms with Gasteiger partial charge in [-0.2, -0.15) is 0 Å². The minimum atomic E-state index is -0.938. The molecule has 0 aliphatic carbocycles.